The number of carbonyl (C=O) groups is 1. The van der Waals surface area contributed by atoms with Crippen LogP contribution < -0.4 is 5.73 Å². The predicted octanol–water partition coefficient (Wildman–Crippen LogP) is 0.999. The SMILES string of the molecule is CC(C)CC(=O)N1CCC(OCCN)CC1. The summed E-state index contributed by atoms with van der Waals surface area (Å²) >= 11 is 0. The number of amides is 1. The Morgan fingerprint density at radius 1 is 1.44 bits per heavy atom. The first kappa shape index (κ1) is 13.5. The zero-order valence-electron chi connectivity index (χ0n) is 10.4. The Morgan fingerprint density at radius 2 is 2.06 bits per heavy atom. The second-order valence-electron chi connectivity index (χ2n) is 4.84. The summed E-state index contributed by atoms with van der Waals surface area (Å²) in [4.78, 5) is 13.8. The van der Waals surface area contributed by atoms with Gasteiger partial charge >= 0.3 is 0 Å². The van der Waals surface area contributed by atoms with Crippen molar-refractivity contribution in [1.82, 2.24) is 4.90 Å². The van der Waals surface area contributed by atoms with Crippen LogP contribution >= 0.6 is 0 Å². The molecule has 4 nitrogen and oxygen atoms in total. The van der Waals surface area contributed by atoms with E-state index in [1.165, 1.54) is 0 Å². The highest BCUT2D eigenvalue weighted by atomic mass is 16.5. The van der Waals surface area contributed by atoms with Gasteiger partial charge in [0.2, 0.25) is 5.91 Å². The number of likely N-dealkylation sites (tertiary alicyclic amines) is 1. The molecule has 1 rings (SSSR count). The van der Waals surface area contributed by atoms with Crippen LogP contribution in [0.3, 0.4) is 0 Å². The van der Waals surface area contributed by atoms with Crippen molar-refractivity contribution in [2.75, 3.05) is 26.2 Å². The second-order valence-corrected chi connectivity index (χ2v) is 4.84. The molecule has 16 heavy (non-hydrogen) atoms. The summed E-state index contributed by atoms with van der Waals surface area (Å²) in [6.45, 7) is 7.03. The first-order valence-electron chi connectivity index (χ1n) is 6.23. The Hall–Kier alpha value is -0.610. The van der Waals surface area contributed by atoms with Crippen LogP contribution in [-0.2, 0) is 9.53 Å². The van der Waals surface area contributed by atoms with Gasteiger partial charge < -0.3 is 15.4 Å². The zero-order chi connectivity index (χ0) is 12.0. The third-order valence-electron chi connectivity index (χ3n) is 2.85. The molecule has 0 radical (unpaired) electrons. The van der Waals surface area contributed by atoms with Gasteiger partial charge in [0.1, 0.15) is 0 Å². The lowest BCUT2D eigenvalue weighted by Gasteiger charge is -2.32. The van der Waals surface area contributed by atoms with E-state index in [1.54, 1.807) is 0 Å². The van der Waals surface area contributed by atoms with Gasteiger partial charge in [0.05, 0.1) is 12.7 Å². The van der Waals surface area contributed by atoms with Gasteiger partial charge in [0.25, 0.3) is 0 Å². The minimum Gasteiger partial charge on any atom is -0.377 e. The summed E-state index contributed by atoms with van der Waals surface area (Å²) in [5, 5.41) is 0. The molecule has 0 spiro atoms. The summed E-state index contributed by atoms with van der Waals surface area (Å²) in [7, 11) is 0. The smallest absolute Gasteiger partial charge is 0.222 e. The average Bonchev–Trinajstić information content (AvgIpc) is 2.26. The predicted molar refractivity (Wildman–Crippen MR) is 64.1 cm³/mol. The van der Waals surface area contributed by atoms with Crippen molar-refractivity contribution in [2.24, 2.45) is 11.7 Å². The molecule has 0 aromatic rings. The Kier molecular flexibility index (Phi) is 5.77. The van der Waals surface area contributed by atoms with Crippen LogP contribution in [0, 0.1) is 5.92 Å². The molecule has 2 N–H and O–H groups in total. The van der Waals surface area contributed by atoms with E-state index in [-0.39, 0.29) is 5.91 Å². The molecular formula is C12H24N2O2. The van der Waals surface area contributed by atoms with Gasteiger partial charge in [0.15, 0.2) is 0 Å². The van der Waals surface area contributed by atoms with Crippen molar-refractivity contribution >= 4 is 5.91 Å². The van der Waals surface area contributed by atoms with Gasteiger partial charge in [-0.3, -0.25) is 4.79 Å². The van der Waals surface area contributed by atoms with Crippen LogP contribution in [0.4, 0.5) is 0 Å². The van der Waals surface area contributed by atoms with E-state index in [4.69, 9.17) is 10.5 Å². The quantitative estimate of drug-likeness (QED) is 0.763. The maximum Gasteiger partial charge on any atom is 0.222 e. The topological polar surface area (TPSA) is 55.6 Å². The summed E-state index contributed by atoms with van der Waals surface area (Å²) in [5.74, 6) is 0.728. The van der Waals surface area contributed by atoms with Crippen molar-refractivity contribution in [2.45, 2.75) is 39.2 Å². The molecule has 1 heterocycles. The number of hydrogen-bond acceptors (Lipinski definition) is 3. The fourth-order valence-corrected chi connectivity index (χ4v) is 1.98. The number of hydrogen-bond donors (Lipinski definition) is 1. The highest BCUT2D eigenvalue weighted by Crippen LogP contribution is 2.15. The first-order chi connectivity index (χ1) is 7.63. The number of carbonyl (C=O) groups excluding carboxylic acids is 1. The molecule has 1 aliphatic heterocycles. The standard InChI is InChI=1S/C12H24N2O2/c1-10(2)9-12(15)14-6-3-11(4-7-14)16-8-5-13/h10-11H,3-9,13H2,1-2H3. The van der Waals surface area contributed by atoms with Crippen LogP contribution in [0.5, 0.6) is 0 Å². The van der Waals surface area contributed by atoms with E-state index < -0.39 is 0 Å². The Balaban J connectivity index is 2.23. The van der Waals surface area contributed by atoms with Crippen molar-refractivity contribution < 1.29 is 9.53 Å². The summed E-state index contributed by atoms with van der Waals surface area (Å²) in [6.07, 6.45) is 2.86. The minimum atomic E-state index is 0.285. The van der Waals surface area contributed by atoms with Crippen molar-refractivity contribution in [3.63, 3.8) is 0 Å². The molecule has 0 saturated carbocycles. The summed E-state index contributed by atoms with van der Waals surface area (Å²) in [5.41, 5.74) is 5.39. The van der Waals surface area contributed by atoms with E-state index in [9.17, 15) is 4.79 Å². The normalized spacial score (nSPS) is 18.1. The largest absolute Gasteiger partial charge is 0.377 e. The number of ether oxygens (including phenoxy) is 1. The number of nitrogens with two attached hydrogens (primary N) is 1. The van der Waals surface area contributed by atoms with Crippen molar-refractivity contribution in [1.29, 1.82) is 0 Å². The molecule has 1 fully saturated rings. The van der Waals surface area contributed by atoms with E-state index in [0.717, 1.165) is 25.9 Å². The molecule has 4 heteroatoms. The lowest BCUT2D eigenvalue weighted by atomic mass is 10.1. The molecule has 0 aliphatic carbocycles. The monoisotopic (exact) mass is 228 g/mol. The number of piperidine rings is 1. The molecule has 0 aromatic heterocycles. The van der Waals surface area contributed by atoms with Crippen LogP contribution in [0.2, 0.25) is 0 Å². The van der Waals surface area contributed by atoms with E-state index in [0.29, 0.717) is 31.6 Å². The van der Waals surface area contributed by atoms with Crippen LogP contribution in [0.1, 0.15) is 33.1 Å². The average molecular weight is 228 g/mol. The Bertz CT molecular complexity index is 211. The Labute approximate surface area is 98.1 Å². The van der Waals surface area contributed by atoms with Gasteiger partial charge in [-0.25, -0.2) is 0 Å². The molecule has 0 unspecified atom stereocenters. The third-order valence-corrected chi connectivity index (χ3v) is 2.85. The highest BCUT2D eigenvalue weighted by Gasteiger charge is 2.23. The van der Waals surface area contributed by atoms with E-state index in [2.05, 4.69) is 13.8 Å². The minimum absolute atomic E-state index is 0.285. The second kappa shape index (κ2) is 6.86. The summed E-state index contributed by atoms with van der Waals surface area (Å²) < 4.78 is 5.58. The molecule has 0 aromatic carbocycles. The number of rotatable bonds is 5. The van der Waals surface area contributed by atoms with Crippen LogP contribution in [-0.4, -0.2) is 43.2 Å². The molecular weight excluding hydrogens is 204 g/mol. The van der Waals surface area contributed by atoms with Crippen molar-refractivity contribution in [3.8, 4) is 0 Å². The van der Waals surface area contributed by atoms with Crippen LogP contribution in [0.15, 0.2) is 0 Å². The maximum atomic E-state index is 11.8. The molecule has 1 saturated heterocycles. The lowest BCUT2D eigenvalue weighted by Crippen LogP contribution is -2.41. The molecule has 0 atom stereocenters. The first-order valence-corrected chi connectivity index (χ1v) is 6.23. The molecule has 1 aliphatic rings. The summed E-state index contributed by atoms with van der Waals surface area (Å²) in [6, 6.07) is 0. The Morgan fingerprint density at radius 3 is 2.56 bits per heavy atom. The number of nitrogens with zero attached hydrogens (tertiary/aromatic N) is 1. The van der Waals surface area contributed by atoms with E-state index in [1.807, 2.05) is 4.90 Å². The van der Waals surface area contributed by atoms with E-state index >= 15 is 0 Å². The highest BCUT2D eigenvalue weighted by molar-refractivity contribution is 5.76. The fourth-order valence-electron chi connectivity index (χ4n) is 1.98. The zero-order valence-corrected chi connectivity index (χ0v) is 10.4. The van der Waals surface area contributed by atoms with Gasteiger partial charge in [-0.1, -0.05) is 13.8 Å². The third kappa shape index (κ3) is 4.49. The van der Waals surface area contributed by atoms with Gasteiger partial charge in [-0.2, -0.15) is 0 Å². The van der Waals surface area contributed by atoms with Crippen molar-refractivity contribution in [3.05, 3.63) is 0 Å². The van der Waals surface area contributed by atoms with Gasteiger partial charge in [-0.15, -0.1) is 0 Å². The molecule has 0 bridgehead atoms. The molecule has 1 amide bonds. The fraction of sp³-hybridized carbons (Fsp3) is 0.917. The lowest BCUT2D eigenvalue weighted by molar-refractivity contribution is -0.134. The maximum absolute atomic E-state index is 11.8. The van der Waals surface area contributed by atoms with Gasteiger partial charge in [-0.05, 0) is 18.8 Å². The van der Waals surface area contributed by atoms with Gasteiger partial charge in [0, 0.05) is 26.1 Å². The van der Waals surface area contributed by atoms with Crippen LogP contribution in [0.25, 0.3) is 0 Å². The molecule has 94 valence electrons.